The van der Waals surface area contributed by atoms with Crippen molar-refractivity contribution in [1.29, 1.82) is 0 Å². The van der Waals surface area contributed by atoms with Crippen LogP contribution in [0.3, 0.4) is 0 Å². The number of rotatable bonds is 6. The molecule has 0 radical (unpaired) electrons. The quantitative estimate of drug-likeness (QED) is 0.757. The van der Waals surface area contributed by atoms with Gasteiger partial charge in [-0.25, -0.2) is 0 Å². The van der Waals surface area contributed by atoms with Crippen molar-refractivity contribution in [3.05, 3.63) is 28.7 Å². The molecule has 0 saturated heterocycles. The maximum absolute atomic E-state index is 12.1. The minimum Gasteiger partial charge on any atom is -0.484 e. The number of halogens is 1. The van der Waals surface area contributed by atoms with Gasteiger partial charge in [-0.05, 0) is 55.2 Å². The van der Waals surface area contributed by atoms with Crippen LogP contribution >= 0.6 is 15.9 Å². The second-order valence-corrected chi connectivity index (χ2v) is 8.12. The minimum atomic E-state index is -0.0248. The van der Waals surface area contributed by atoms with Crippen molar-refractivity contribution in [3.63, 3.8) is 0 Å². The average molecular weight is 382 g/mol. The van der Waals surface area contributed by atoms with E-state index in [-0.39, 0.29) is 12.5 Å². The molecule has 1 aliphatic carbocycles. The van der Waals surface area contributed by atoms with Gasteiger partial charge in [0.15, 0.2) is 6.61 Å². The number of hydrogen-bond acceptors (Lipinski definition) is 2. The Morgan fingerprint density at radius 2 is 2.00 bits per heavy atom. The van der Waals surface area contributed by atoms with Crippen LogP contribution in [0.1, 0.15) is 52.9 Å². The van der Waals surface area contributed by atoms with Gasteiger partial charge in [0.1, 0.15) is 5.75 Å². The molecule has 0 aliphatic heterocycles. The molecule has 0 bridgehead atoms. The van der Waals surface area contributed by atoms with Crippen LogP contribution in [0.25, 0.3) is 0 Å². The van der Waals surface area contributed by atoms with E-state index in [1.165, 1.54) is 19.3 Å². The first-order valence-electron chi connectivity index (χ1n) is 8.58. The van der Waals surface area contributed by atoms with Crippen LogP contribution in [0, 0.1) is 11.3 Å². The fourth-order valence-corrected chi connectivity index (χ4v) is 3.66. The first kappa shape index (κ1) is 18.3. The smallest absolute Gasteiger partial charge is 0.258 e. The Hall–Kier alpha value is -1.03. The van der Waals surface area contributed by atoms with Crippen LogP contribution < -0.4 is 10.1 Å². The zero-order valence-electron chi connectivity index (χ0n) is 14.4. The van der Waals surface area contributed by atoms with Crippen LogP contribution in [-0.4, -0.2) is 18.6 Å². The molecule has 0 unspecified atom stereocenters. The van der Waals surface area contributed by atoms with Gasteiger partial charge in [0.25, 0.3) is 5.91 Å². The molecule has 128 valence electrons. The van der Waals surface area contributed by atoms with Crippen molar-refractivity contribution in [2.24, 2.45) is 11.3 Å². The van der Waals surface area contributed by atoms with E-state index in [4.69, 9.17) is 4.74 Å². The van der Waals surface area contributed by atoms with Gasteiger partial charge >= 0.3 is 0 Å². The van der Waals surface area contributed by atoms with E-state index >= 15 is 0 Å². The number of carbonyl (C=O) groups is 1. The largest absolute Gasteiger partial charge is 0.484 e. The van der Waals surface area contributed by atoms with Crippen molar-refractivity contribution in [1.82, 2.24) is 5.32 Å². The fourth-order valence-electron chi connectivity index (χ4n) is 3.28. The van der Waals surface area contributed by atoms with Crippen LogP contribution in [0.5, 0.6) is 5.75 Å². The maximum Gasteiger partial charge on any atom is 0.258 e. The van der Waals surface area contributed by atoms with E-state index < -0.39 is 0 Å². The van der Waals surface area contributed by atoms with Crippen LogP contribution in [-0.2, 0) is 4.79 Å². The molecule has 0 aromatic heterocycles. The molecular weight excluding hydrogens is 354 g/mol. The van der Waals surface area contributed by atoms with E-state index in [9.17, 15) is 4.79 Å². The fraction of sp³-hybridized carbons (Fsp3) is 0.632. The second kappa shape index (κ2) is 8.18. The summed E-state index contributed by atoms with van der Waals surface area (Å²) in [4.78, 5) is 12.1. The lowest BCUT2D eigenvalue weighted by atomic mass is 9.69. The van der Waals surface area contributed by atoms with Crippen LogP contribution in [0.15, 0.2) is 28.7 Å². The van der Waals surface area contributed by atoms with Gasteiger partial charge in [-0.15, -0.1) is 0 Å². The summed E-state index contributed by atoms with van der Waals surface area (Å²) in [5, 5.41) is 3.12. The van der Waals surface area contributed by atoms with E-state index in [1.807, 2.05) is 24.3 Å². The Balaban J connectivity index is 1.73. The Morgan fingerprint density at radius 1 is 1.30 bits per heavy atom. The Kier molecular flexibility index (Phi) is 6.51. The molecule has 1 aromatic carbocycles. The summed E-state index contributed by atoms with van der Waals surface area (Å²) in [7, 11) is 0. The molecule has 1 aliphatic rings. The van der Waals surface area contributed by atoms with E-state index in [2.05, 4.69) is 42.0 Å². The molecule has 23 heavy (non-hydrogen) atoms. The van der Waals surface area contributed by atoms with Gasteiger partial charge in [-0.2, -0.15) is 0 Å². The predicted molar refractivity (Wildman–Crippen MR) is 97.6 cm³/mol. The summed E-state index contributed by atoms with van der Waals surface area (Å²) in [6.45, 7) is 7.08. The van der Waals surface area contributed by atoms with Crippen molar-refractivity contribution in [2.45, 2.75) is 58.9 Å². The topological polar surface area (TPSA) is 38.3 Å². The monoisotopic (exact) mass is 381 g/mol. The van der Waals surface area contributed by atoms with Gasteiger partial charge in [0, 0.05) is 10.5 Å². The van der Waals surface area contributed by atoms with Gasteiger partial charge in [0.2, 0.25) is 0 Å². The molecule has 0 heterocycles. The average Bonchev–Trinajstić information content (AvgIpc) is 2.53. The maximum atomic E-state index is 12.1. The highest BCUT2D eigenvalue weighted by atomic mass is 79.9. The van der Waals surface area contributed by atoms with Crippen molar-refractivity contribution >= 4 is 21.8 Å². The van der Waals surface area contributed by atoms with E-state index in [0.29, 0.717) is 17.2 Å². The van der Waals surface area contributed by atoms with Crippen molar-refractivity contribution in [2.75, 3.05) is 6.61 Å². The number of carbonyl (C=O) groups excluding carboxylic acids is 1. The highest BCUT2D eigenvalue weighted by molar-refractivity contribution is 9.10. The summed E-state index contributed by atoms with van der Waals surface area (Å²) in [5.41, 5.74) is 0.415. The first-order valence-corrected chi connectivity index (χ1v) is 9.37. The summed E-state index contributed by atoms with van der Waals surface area (Å²) < 4.78 is 6.49. The number of nitrogens with one attached hydrogen (secondary N) is 1. The molecule has 1 fully saturated rings. The van der Waals surface area contributed by atoms with Crippen LogP contribution in [0.4, 0.5) is 0 Å². The van der Waals surface area contributed by atoms with Crippen molar-refractivity contribution in [3.8, 4) is 5.75 Å². The molecule has 1 amide bonds. The number of ether oxygens (including phenoxy) is 1. The Bertz CT molecular complexity index is 522. The number of amides is 1. The van der Waals surface area contributed by atoms with Gasteiger partial charge in [0.05, 0.1) is 0 Å². The molecule has 4 heteroatoms. The third kappa shape index (κ3) is 5.52. The molecule has 1 saturated carbocycles. The first-order chi connectivity index (χ1) is 10.9. The molecule has 1 aromatic rings. The molecule has 0 atom stereocenters. The molecule has 0 spiro atoms. The van der Waals surface area contributed by atoms with E-state index in [1.54, 1.807) is 0 Å². The Morgan fingerprint density at radius 3 is 2.61 bits per heavy atom. The highest BCUT2D eigenvalue weighted by Crippen LogP contribution is 2.40. The zero-order chi connectivity index (χ0) is 16.9. The number of benzene rings is 1. The molecule has 1 N–H and O–H groups in total. The third-order valence-corrected chi connectivity index (χ3v) is 5.77. The lowest BCUT2D eigenvalue weighted by Gasteiger charge is -2.39. The van der Waals surface area contributed by atoms with E-state index in [0.717, 1.165) is 23.2 Å². The number of hydrogen-bond donors (Lipinski definition) is 1. The summed E-state index contributed by atoms with van der Waals surface area (Å²) in [5.74, 6) is 1.46. The molecular formula is C19H28BrNO2. The lowest BCUT2D eigenvalue weighted by molar-refractivity contribution is -0.124. The summed E-state index contributed by atoms with van der Waals surface area (Å²) in [6, 6.07) is 7.86. The molecule has 2 rings (SSSR count). The predicted octanol–water partition coefficient (Wildman–Crippen LogP) is 4.94. The lowest BCUT2D eigenvalue weighted by Crippen LogP contribution is -2.41. The Labute approximate surface area is 148 Å². The normalized spacial score (nSPS) is 21.7. The van der Waals surface area contributed by atoms with Crippen LogP contribution in [0.2, 0.25) is 0 Å². The third-order valence-electron chi connectivity index (χ3n) is 5.27. The SMILES string of the molecule is CCC(C)(C)C1CCC(NC(=O)COc2cccc(Br)c2)CC1. The zero-order valence-corrected chi connectivity index (χ0v) is 16.0. The standard InChI is InChI=1S/C19H28BrNO2/c1-4-19(2,3)14-8-10-16(11-9-14)21-18(22)13-23-17-7-5-6-15(20)12-17/h5-7,12,14,16H,4,8-11,13H2,1-3H3,(H,21,22). The van der Waals surface area contributed by atoms with Gasteiger partial charge < -0.3 is 10.1 Å². The highest BCUT2D eigenvalue weighted by Gasteiger charge is 2.32. The van der Waals surface area contributed by atoms with Gasteiger partial charge in [-0.3, -0.25) is 4.79 Å². The van der Waals surface area contributed by atoms with Crippen molar-refractivity contribution < 1.29 is 9.53 Å². The molecule has 3 nitrogen and oxygen atoms in total. The minimum absolute atomic E-state index is 0.0248. The summed E-state index contributed by atoms with van der Waals surface area (Å²) >= 11 is 3.40. The van der Waals surface area contributed by atoms with Gasteiger partial charge in [-0.1, -0.05) is 49.2 Å². The second-order valence-electron chi connectivity index (χ2n) is 7.20. The summed E-state index contributed by atoms with van der Waals surface area (Å²) in [6.07, 6.45) is 5.79.